The molecule has 0 aromatic heterocycles. The van der Waals surface area contributed by atoms with E-state index in [-0.39, 0.29) is 23.7 Å². The summed E-state index contributed by atoms with van der Waals surface area (Å²) in [6, 6.07) is 17.0. The number of ether oxygens (including phenoxy) is 1. The number of aliphatic carboxylic acids is 1. The molecule has 1 saturated carbocycles. The molecule has 3 heterocycles. The highest BCUT2D eigenvalue weighted by Crippen LogP contribution is 2.46. The quantitative estimate of drug-likeness (QED) is 0.387. The zero-order chi connectivity index (χ0) is 34.1. The zero-order valence-corrected chi connectivity index (χ0v) is 28.2. The summed E-state index contributed by atoms with van der Waals surface area (Å²) in [7, 11) is 0. The predicted octanol–water partition coefficient (Wildman–Crippen LogP) is 4.99. The van der Waals surface area contributed by atoms with E-state index in [0.717, 1.165) is 42.4 Å². The second-order valence-electron chi connectivity index (χ2n) is 15.0. The van der Waals surface area contributed by atoms with E-state index in [1.165, 1.54) is 0 Å². The molecule has 6 atom stereocenters. The first-order valence-corrected chi connectivity index (χ1v) is 17.3. The summed E-state index contributed by atoms with van der Waals surface area (Å²) >= 11 is 0. The van der Waals surface area contributed by atoms with Crippen molar-refractivity contribution in [3.8, 4) is 11.1 Å². The Morgan fingerprint density at radius 3 is 2.52 bits per heavy atom. The molecule has 0 spiro atoms. The highest BCUT2D eigenvalue weighted by atomic mass is 16.6. The number of amides is 3. The fraction of sp³-hybridized carbons (Fsp3) is 0.526. The van der Waals surface area contributed by atoms with Gasteiger partial charge >= 0.3 is 12.1 Å². The Morgan fingerprint density at radius 2 is 1.77 bits per heavy atom. The van der Waals surface area contributed by atoms with Gasteiger partial charge in [-0.1, -0.05) is 73.5 Å². The van der Waals surface area contributed by atoms with Gasteiger partial charge in [-0.15, -0.1) is 0 Å². The number of carboxylic acids is 1. The van der Waals surface area contributed by atoms with Crippen LogP contribution < -0.4 is 10.6 Å². The molecule has 2 aromatic rings. The molecule has 2 saturated heterocycles. The summed E-state index contributed by atoms with van der Waals surface area (Å²) in [4.78, 5) is 57.9. The zero-order valence-electron chi connectivity index (χ0n) is 28.2. The molecule has 0 unspecified atom stereocenters. The minimum absolute atomic E-state index is 0.0266. The van der Waals surface area contributed by atoms with E-state index >= 15 is 0 Å². The molecular weight excluding hydrogens is 608 g/mol. The van der Waals surface area contributed by atoms with Gasteiger partial charge in [-0.2, -0.15) is 0 Å². The normalized spacial score (nSPS) is 30.1. The van der Waals surface area contributed by atoms with Crippen LogP contribution in [-0.4, -0.2) is 81.6 Å². The van der Waals surface area contributed by atoms with E-state index < -0.39 is 41.2 Å². The molecule has 3 aliphatic heterocycles. The number of carboxylic acid groups (broad SMARTS) is 1. The minimum atomic E-state index is -1.37. The van der Waals surface area contributed by atoms with Crippen molar-refractivity contribution in [2.75, 3.05) is 19.6 Å². The van der Waals surface area contributed by atoms with Crippen molar-refractivity contribution >= 4 is 23.9 Å². The summed E-state index contributed by atoms with van der Waals surface area (Å²) < 4.78 is 5.51. The molecule has 256 valence electrons. The molecule has 10 nitrogen and oxygen atoms in total. The number of allylic oxidation sites excluding steroid dienone is 1. The van der Waals surface area contributed by atoms with Crippen LogP contribution in [0, 0.1) is 17.8 Å². The third kappa shape index (κ3) is 7.43. The topological polar surface area (TPSA) is 128 Å². The fourth-order valence-electron chi connectivity index (χ4n) is 7.78. The van der Waals surface area contributed by atoms with Crippen molar-refractivity contribution in [2.24, 2.45) is 17.8 Å². The summed E-state index contributed by atoms with van der Waals surface area (Å²) in [5, 5.41) is 15.9. The third-order valence-electron chi connectivity index (χ3n) is 10.2. The number of hydrogen-bond acceptors (Lipinski definition) is 6. The molecule has 1 aliphatic carbocycles. The molecular formula is C38H48N4O6. The second-order valence-corrected chi connectivity index (χ2v) is 15.0. The Kier molecular flexibility index (Phi) is 9.65. The average Bonchev–Trinajstić information content (AvgIpc) is 3.41. The van der Waals surface area contributed by atoms with Gasteiger partial charge in [0.05, 0.1) is 0 Å². The summed E-state index contributed by atoms with van der Waals surface area (Å²) in [6.07, 6.45) is 7.23. The first-order valence-electron chi connectivity index (χ1n) is 17.3. The number of nitrogens with zero attached hydrogens (tertiary/aromatic N) is 2. The third-order valence-corrected chi connectivity index (χ3v) is 10.2. The van der Waals surface area contributed by atoms with Gasteiger partial charge in [-0.25, -0.2) is 9.59 Å². The lowest BCUT2D eigenvalue weighted by Crippen LogP contribution is -2.58. The van der Waals surface area contributed by atoms with Crippen molar-refractivity contribution in [2.45, 2.75) is 89.1 Å². The molecule has 3 fully saturated rings. The molecule has 6 rings (SSSR count). The van der Waals surface area contributed by atoms with Crippen LogP contribution in [0.4, 0.5) is 4.79 Å². The highest BCUT2D eigenvalue weighted by Gasteiger charge is 2.62. The van der Waals surface area contributed by atoms with E-state index in [2.05, 4.69) is 51.9 Å². The standard InChI is InChI=1S/C38H48N4O6/c1-37(2,3)48-36(47)39-31-18-11-6-4-5-10-17-29-20-38(29,35(45)46)40-33(43)32-30-24-41(22-28(30)23-42(32)34(31)44)21-25-13-12-16-27(19-25)26-14-8-7-9-15-26/h7-10,12-17,19,28-32H,4-6,11,18,20-24H2,1-3H3,(H,39,47)(H,40,43)(H,45,46)/b17-10-/t28-,29+,30-,31+,32-,38+/m0/s1. The van der Waals surface area contributed by atoms with Crippen LogP contribution in [0.15, 0.2) is 66.7 Å². The van der Waals surface area contributed by atoms with Gasteiger partial charge in [0.1, 0.15) is 23.2 Å². The number of fused-ring (bicyclic) bond motifs is 4. The second kappa shape index (κ2) is 13.7. The summed E-state index contributed by atoms with van der Waals surface area (Å²) in [6.45, 7) is 7.67. The molecule has 48 heavy (non-hydrogen) atoms. The number of nitrogens with one attached hydrogen (secondary N) is 2. The van der Waals surface area contributed by atoms with E-state index in [4.69, 9.17) is 4.74 Å². The lowest BCUT2D eigenvalue weighted by atomic mass is 9.93. The van der Waals surface area contributed by atoms with Crippen LogP contribution in [0.3, 0.4) is 0 Å². The first kappa shape index (κ1) is 33.7. The Labute approximate surface area is 282 Å². The van der Waals surface area contributed by atoms with Crippen LogP contribution >= 0.6 is 0 Å². The number of alkyl carbamates (subject to hydrolysis) is 1. The molecule has 0 radical (unpaired) electrons. The van der Waals surface area contributed by atoms with Crippen molar-refractivity contribution in [1.29, 1.82) is 0 Å². The Balaban J connectivity index is 1.25. The van der Waals surface area contributed by atoms with Gasteiger partial charge in [0.15, 0.2) is 0 Å². The van der Waals surface area contributed by atoms with Crippen LogP contribution in [0.2, 0.25) is 0 Å². The number of likely N-dealkylation sites (tertiary alicyclic amines) is 1. The van der Waals surface area contributed by atoms with Crippen LogP contribution in [-0.2, 0) is 25.7 Å². The van der Waals surface area contributed by atoms with Crippen molar-refractivity contribution in [3.63, 3.8) is 0 Å². The number of hydrogen-bond donors (Lipinski definition) is 3. The predicted molar refractivity (Wildman–Crippen MR) is 182 cm³/mol. The SMILES string of the molecule is CC(C)(C)OC(=O)N[C@@H]1CCCCC/C=C\[C@@H]2C[C@@]2(C(=O)O)NC(=O)[C@@H]2[C@H]3CN(Cc4cccc(-c5ccccc5)c4)C[C@H]3CN2C1=O. The van der Waals surface area contributed by atoms with Crippen LogP contribution in [0.1, 0.15) is 64.9 Å². The van der Waals surface area contributed by atoms with E-state index in [0.29, 0.717) is 39.0 Å². The molecule has 2 aromatic carbocycles. The molecule has 3 N–H and O–H groups in total. The van der Waals surface area contributed by atoms with Crippen molar-refractivity contribution in [3.05, 3.63) is 72.3 Å². The van der Waals surface area contributed by atoms with Gasteiger partial charge in [-0.3, -0.25) is 14.5 Å². The largest absolute Gasteiger partial charge is 0.479 e. The highest BCUT2D eigenvalue weighted by molar-refractivity contribution is 5.96. The maximum Gasteiger partial charge on any atom is 0.408 e. The van der Waals surface area contributed by atoms with Gasteiger partial charge in [0.2, 0.25) is 11.8 Å². The average molecular weight is 657 g/mol. The Morgan fingerprint density at radius 1 is 1.00 bits per heavy atom. The number of carbonyl (C=O) groups is 4. The molecule has 10 heteroatoms. The van der Waals surface area contributed by atoms with Gasteiger partial charge in [0, 0.05) is 38.0 Å². The first-order chi connectivity index (χ1) is 22.9. The van der Waals surface area contributed by atoms with E-state index in [1.807, 2.05) is 30.4 Å². The van der Waals surface area contributed by atoms with Crippen molar-refractivity contribution < 1.29 is 29.0 Å². The molecule has 3 amide bonds. The monoisotopic (exact) mass is 656 g/mol. The van der Waals surface area contributed by atoms with Crippen LogP contribution in [0.25, 0.3) is 11.1 Å². The molecule has 0 bridgehead atoms. The fourth-order valence-corrected chi connectivity index (χ4v) is 7.78. The maximum atomic E-state index is 14.3. The molecule has 4 aliphatic rings. The Bertz CT molecular complexity index is 1550. The maximum absolute atomic E-state index is 14.3. The number of rotatable bonds is 5. The smallest absolute Gasteiger partial charge is 0.408 e. The minimum Gasteiger partial charge on any atom is -0.479 e. The number of carbonyl (C=O) groups excluding carboxylic acids is 3. The van der Waals surface area contributed by atoms with Crippen LogP contribution in [0.5, 0.6) is 0 Å². The summed E-state index contributed by atoms with van der Waals surface area (Å²) in [5.74, 6) is -2.25. The van der Waals surface area contributed by atoms with Crippen molar-refractivity contribution in [1.82, 2.24) is 20.4 Å². The summed E-state index contributed by atoms with van der Waals surface area (Å²) in [5.41, 5.74) is 1.35. The Hall–Kier alpha value is -4.18. The van der Waals surface area contributed by atoms with Gasteiger partial charge in [0.25, 0.3) is 0 Å². The van der Waals surface area contributed by atoms with Gasteiger partial charge in [-0.05, 0) is 75.1 Å². The number of benzene rings is 2. The van der Waals surface area contributed by atoms with E-state index in [1.54, 1.807) is 25.7 Å². The van der Waals surface area contributed by atoms with Gasteiger partial charge < -0.3 is 25.4 Å². The van der Waals surface area contributed by atoms with E-state index in [9.17, 15) is 24.3 Å². The lowest BCUT2D eigenvalue weighted by Gasteiger charge is -2.33. The lowest BCUT2D eigenvalue weighted by molar-refractivity contribution is -0.146.